The quantitative estimate of drug-likeness (QED) is 0.806. The van der Waals surface area contributed by atoms with Gasteiger partial charge in [-0.1, -0.05) is 35.8 Å². The molecule has 0 bridgehead atoms. The molecule has 0 spiro atoms. The minimum atomic E-state index is -0.869. The summed E-state index contributed by atoms with van der Waals surface area (Å²) in [5.74, 6) is 0.729. The first-order valence-corrected chi connectivity index (χ1v) is 8.31. The van der Waals surface area contributed by atoms with Gasteiger partial charge in [-0.2, -0.15) is 0 Å². The Kier molecular flexibility index (Phi) is 5.24. The van der Waals surface area contributed by atoms with Crippen molar-refractivity contribution in [3.05, 3.63) is 58.8 Å². The first kappa shape index (κ1) is 15.5. The lowest BCUT2D eigenvalue weighted by molar-refractivity contribution is 0.0139. The first-order chi connectivity index (χ1) is 9.52. The summed E-state index contributed by atoms with van der Waals surface area (Å²) in [5, 5.41) is 11.0. The molecular formula is C16H18BrNOS. The molecule has 0 fully saturated rings. The van der Waals surface area contributed by atoms with Crippen molar-refractivity contribution < 1.29 is 5.11 Å². The van der Waals surface area contributed by atoms with Crippen LogP contribution in [0.2, 0.25) is 0 Å². The van der Waals surface area contributed by atoms with Gasteiger partial charge in [-0.05, 0) is 36.2 Å². The zero-order chi connectivity index (χ0) is 14.6. The van der Waals surface area contributed by atoms with Crippen LogP contribution in [0.5, 0.6) is 0 Å². The number of pyridine rings is 1. The number of rotatable bonds is 5. The maximum Gasteiger partial charge on any atom is 0.103 e. The third kappa shape index (κ3) is 3.62. The summed E-state index contributed by atoms with van der Waals surface area (Å²) in [4.78, 5) is 5.27. The van der Waals surface area contributed by atoms with Crippen LogP contribution in [-0.2, 0) is 5.60 Å². The molecule has 1 heterocycles. The van der Waals surface area contributed by atoms with Crippen LogP contribution < -0.4 is 0 Å². The molecule has 0 aliphatic rings. The number of nitrogens with zero attached hydrogens (tertiary/aromatic N) is 1. The highest BCUT2D eigenvalue weighted by atomic mass is 79.9. The largest absolute Gasteiger partial charge is 0.384 e. The van der Waals surface area contributed by atoms with E-state index in [1.54, 1.807) is 24.2 Å². The highest BCUT2D eigenvalue weighted by molar-refractivity contribution is 9.10. The number of hydrogen-bond donors (Lipinski definition) is 1. The Morgan fingerprint density at radius 1 is 1.25 bits per heavy atom. The number of halogens is 1. The predicted molar refractivity (Wildman–Crippen MR) is 87.8 cm³/mol. The number of aromatic nitrogens is 1. The molecule has 1 atom stereocenters. The van der Waals surface area contributed by atoms with Crippen LogP contribution in [0.4, 0.5) is 0 Å². The fourth-order valence-electron chi connectivity index (χ4n) is 1.93. The SMILES string of the molecule is CC(C)C(O)(CSc1ccc(Br)cc1)c1cccnc1. The zero-order valence-electron chi connectivity index (χ0n) is 11.6. The van der Waals surface area contributed by atoms with Crippen molar-refractivity contribution >= 4 is 27.7 Å². The second-order valence-electron chi connectivity index (χ2n) is 5.06. The van der Waals surface area contributed by atoms with Crippen LogP contribution in [0.15, 0.2) is 58.2 Å². The first-order valence-electron chi connectivity index (χ1n) is 6.53. The summed E-state index contributed by atoms with van der Waals surface area (Å²) in [6, 6.07) is 11.9. The van der Waals surface area contributed by atoms with Gasteiger partial charge in [0.1, 0.15) is 5.60 Å². The molecule has 2 nitrogen and oxygen atoms in total. The van der Waals surface area contributed by atoms with Crippen LogP contribution in [-0.4, -0.2) is 15.8 Å². The fourth-order valence-corrected chi connectivity index (χ4v) is 3.41. The Balaban J connectivity index is 2.16. The van der Waals surface area contributed by atoms with Gasteiger partial charge in [0.25, 0.3) is 0 Å². The van der Waals surface area contributed by atoms with E-state index in [1.165, 1.54) is 0 Å². The number of thioether (sulfide) groups is 1. The van der Waals surface area contributed by atoms with E-state index < -0.39 is 5.60 Å². The smallest absolute Gasteiger partial charge is 0.103 e. The van der Waals surface area contributed by atoms with E-state index in [0.29, 0.717) is 5.75 Å². The van der Waals surface area contributed by atoms with Crippen LogP contribution in [0.1, 0.15) is 19.4 Å². The molecule has 0 aliphatic heterocycles. The lowest BCUT2D eigenvalue weighted by Crippen LogP contribution is -2.34. The molecule has 2 aromatic rings. The summed E-state index contributed by atoms with van der Waals surface area (Å²) in [6.45, 7) is 4.07. The predicted octanol–water partition coefficient (Wildman–Crippen LogP) is 4.48. The lowest BCUT2D eigenvalue weighted by Gasteiger charge is -2.32. The van der Waals surface area contributed by atoms with Crippen molar-refractivity contribution in [3.8, 4) is 0 Å². The van der Waals surface area contributed by atoms with Gasteiger partial charge in [-0.25, -0.2) is 0 Å². The molecular weight excluding hydrogens is 334 g/mol. The Morgan fingerprint density at radius 3 is 2.50 bits per heavy atom. The van der Waals surface area contributed by atoms with Crippen molar-refractivity contribution in [1.29, 1.82) is 0 Å². The molecule has 1 unspecified atom stereocenters. The highest BCUT2D eigenvalue weighted by Gasteiger charge is 2.33. The number of aliphatic hydroxyl groups is 1. The van der Waals surface area contributed by atoms with Gasteiger partial charge in [0.05, 0.1) is 0 Å². The Hall–Kier alpha value is -0.840. The molecule has 0 aliphatic carbocycles. The normalized spacial score (nSPS) is 14.2. The molecule has 106 valence electrons. The van der Waals surface area contributed by atoms with Crippen molar-refractivity contribution in [2.24, 2.45) is 5.92 Å². The topological polar surface area (TPSA) is 33.1 Å². The van der Waals surface area contributed by atoms with Crippen LogP contribution in [0.3, 0.4) is 0 Å². The van der Waals surface area contributed by atoms with Gasteiger partial charge in [0, 0.05) is 33.1 Å². The molecule has 0 saturated carbocycles. The fraction of sp³-hybridized carbons (Fsp3) is 0.312. The van der Waals surface area contributed by atoms with Gasteiger partial charge in [0.15, 0.2) is 0 Å². The van der Waals surface area contributed by atoms with E-state index in [2.05, 4.69) is 33.0 Å². The maximum absolute atomic E-state index is 11.0. The van der Waals surface area contributed by atoms with E-state index in [4.69, 9.17) is 0 Å². The van der Waals surface area contributed by atoms with Crippen LogP contribution in [0, 0.1) is 5.92 Å². The summed E-state index contributed by atoms with van der Waals surface area (Å²) in [6.07, 6.45) is 3.48. The van der Waals surface area contributed by atoms with Crippen molar-refractivity contribution in [2.75, 3.05) is 5.75 Å². The second-order valence-corrected chi connectivity index (χ2v) is 7.03. The van der Waals surface area contributed by atoms with Gasteiger partial charge >= 0.3 is 0 Å². The third-order valence-corrected chi connectivity index (χ3v) is 5.11. The second kappa shape index (κ2) is 6.74. The van der Waals surface area contributed by atoms with E-state index in [9.17, 15) is 5.11 Å². The van der Waals surface area contributed by atoms with Crippen molar-refractivity contribution in [1.82, 2.24) is 4.98 Å². The van der Waals surface area contributed by atoms with Gasteiger partial charge in [0.2, 0.25) is 0 Å². The van der Waals surface area contributed by atoms with Gasteiger partial charge in [-0.3, -0.25) is 4.98 Å². The molecule has 0 radical (unpaired) electrons. The highest BCUT2D eigenvalue weighted by Crippen LogP contribution is 2.35. The standard InChI is InChI=1S/C16H18BrNOS/c1-12(2)16(19,13-4-3-9-18-10-13)11-20-15-7-5-14(17)6-8-15/h3-10,12,19H,11H2,1-2H3. The average Bonchev–Trinajstić information content (AvgIpc) is 2.47. The molecule has 2 rings (SSSR count). The number of hydrogen-bond acceptors (Lipinski definition) is 3. The minimum absolute atomic E-state index is 0.120. The molecule has 4 heteroatoms. The molecule has 1 aromatic carbocycles. The molecule has 1 aromatic heterocycles. The van der Waals surface area contributed by atoms with Crippen LogP contribution >= 0.6 is 27.7 Å². The Labute approximate surface area is 132 Å². The minimum Gasteiger partial charge on any atom is -0.384 e. The van der Waals surface area contributed by atoms with Gasteiger partial charge < -0.3 is 5.11 Å². The third-order valence-electron chi connectivity index (χ3n) is 3.39. The van der Waals surface area contributed by atoms with Crippen molar-refractivity contribution in [2.45, 2.75) is 24.3 Å². The average molecular weight is 352 g/mol. The number of benzene rings is 1. The van der Waals surface area contributed by atoms with E-state index in [0.717, 1.165) is 14.9 Å². The summed E-state index contributed by atoms with van der Waals surface area (Å²) >= 11 is 5.09. The van der Waals surface area contributed by atoms with E-state index >= 15 is 0 Å². The Bertz CT molecular complexity index is 544. The monoisotopic (exact) mass is 351 g/mol. The van der Waals surface area contributed by atoms with E-state index in [1.807, 2.05) is 38.1 Å². The summed E-state index contributed by atoms with van der Waals surface area (Å²) < 4.78 is 1.06. The zero-order valence-corrected chi connectivity index (χ0v) is 14.0. The Morgan fingerprint density at radius 2 is 1.95 bits per heavy atom. The van der Waals surface area contributed by atoms with E-state index in [-0.39, 0.29) is 5.92 Å². The van der Waals surface area contributed by atoms with Crippen molar-refractivity contribution in [3.63, 3.8) is 0 Å². The van der Waals surface area contributed by atoms with Gasteiger partial charge in [-0.15, -0.1) is 11.8 Å². The summed E-state index contributed by atoms with van der Waals surface area (Å²) in [7, 11) is 0. The summed E-state index contributed by atoms with van der Waals surface area (Å²) in [5.41, 5.74) is 0.00559. The lowest BCUT2D eigenvalue weighted by atomic mass is 9.86. The molecule has 0 saturated heterocycles. The molecule has 1 N–H and O–H groups in total. The van der Waals surface area contributed by atoms with Crippen LogP contribution in [0.25, 0.3) is 0 Å². The molecule has 20 heavy (non-hydrogen) atoms. The maximum atomic E-state index is 11.0. The molecule has 0 amide bonds.